The molecule has 0 amide bonds. The van der Waals surface area contributed by atoms with Crippen molar-refractivity contribution >= 4 is 11.6 Å². The van der Waals surface area contributed by atoms with Gasteiger partial charge in [0.1, 0.15) is 11.6 Å². The molecule has 0 aromatic carbocycles. The summed E-state index contributed by atoms with van der Waals surface area (Å²) in [6.45, 7) is 4.96. The molecule has 2 saturated carbocycles. The lowest BCUT2D eigenvalue weighted by atomic mass is 9.47. The van der Waals surface area contributed by atoms with E-state index in [2.05, 4.69) is 32.1 Å². The number of nitrogens with two attached hydrogens (primary N) is 1. The van der Waals surface area contributed by atoms with Gasteiger partial charge in [-0.05, 0) is 61.5 Å². The highest BCUT2D eigenvalue weighted by atomic mass is 16.1. The predicted molar refractivity (Wildman–Crippen MR) is 98.8 cm³/mol. The Balaban J connectivity index is 1.70. The van der Waals surface area contributed by atoms with Crippen molar-refractivity contribution in [2.45, 2.75) is 58.8 Å². The molecule has 2 N–H and O–H groups in total. The van der Waals surface area contributed by atoms with Crippen LogP contribution in [-0.2, 0) is 9.59 Å². The molecule has 3 nitrogen and oxygen atoms in total. The van der Waals surface area contributed by atoms with E-state index in [1.54, 1.807) is 0 Å². The van der Waals surface area contributed by atoms with E-state index < -0.39 is 0 Å². The van der Waals surface area contributed by atoms with Gasteiger partial charge in [0.25, 0.3) is 0 Å². The first-order valence-corrected chi connectivity index (χ1v) is 10.0. The van der Waals surface area contributed by atoms with E-state index >= 15 is 0 Å². The molecular weight excluding hydrogens is 310 g/mol. The zero-order valence-electron chi connectivity index (χ0n) is 15.6. The monoisotopic (exact) mass is 341 g/mol. The average Bonchev–Trinajstić information content (AvgIpc) is 2.90. The van der Waals surface area contributed by atoms with Crippen molar-refractivity contribution in [2.24, 2.45) is 40.2 Å². The van der Waals surface area contributed by atoms with Gasteiger partial charge in [-0.15, -0.1) is 0 Å². The summed E-state index contributed by atoms with van der Waals surface area (Å²) in [4.78, 5) is 26.0. The molecule has 0 spiro atoms. The van der Waals surface area contributed by atoms with Crippen LogP contribution in [0, 0.1) is 34.5 Å². The summed E-state index contributed by atoms with van der Waals surface area (Å²) in [5, 5.41) is 0. The van der Waals surface area contributed by atoms with Gasteiger partial charge in [0, 0.05) is 30.1 Å². The Labute approximate surface area is 151 Å². The lowest BCUT2D eigenvalue weighted by molar-refractivity contribution is -0.145. The maximum absolute atomic E-state index is 13.4. The van der Waals surface area contributed by atoms with Gasteiger partial charge in [0.05, 0.1) is 0 Å². The van der Waals surface area contributed by atoms with Crippen LogP contribution in [0.1, 0.15) is 58.8 Å². The fraction of sp³-hybridized carbons (Fsp3) is 0.727. The molecule has 0 aromatic rings. The fourth-order valence-electron chi connectivity index (χ4n) is 6.98. The van der Waals surface area contributed by atoms with Crippen molar-refractivity contribution in [2.75, 3.05) is 6.54 Å². The van der Waals surface area contributed by atoms with Crippen LogP contribution in [-0.4, -0.2) is 18.1 Å². The standard InChI is InChI=1S/C22H31NO2/c1-21-11-4-3-5-14(21)6-7-15-16-8-9-17(18(24)10-12-23)22(16,2)13-19(25)20(15)21/h3,5-6,15-17,20H,4,7-13,23H2,1-2H3/t15-,16-,17+,20+,21-,22-/m0/s1. The summed E-state index contributed by atoms with van der Waals surface area (Å²) in [5.74, 6) is 1.82. The Morgan fingerprint density at radius 3 is 2.88 bits per heavy atom. The topological polar surface area (TPSA) is 60.2 Å². The molecule has 4 aliphatic rings. The second-order valence-electron chi connectivity index (χ2n) is 9.29. The third-order valence-electron chi connectivity index (χ3n) is 8.12. The first kappa shape index (κ1) is 17.2. The highest BCUT2D eigenvalue weighted by molar-refractivity contribution is 5.88. The van der Waals surface area contributed by atoms with E-state index in [0.29, 0.717) is 37.0 Å². The zero-order chi connectivity index (χ0) is 17.8. The molecular formula is C22H31NO2. The van der Waals surface area contributed by atoms with E-state index in [0.717, 1.165) is 32.1 Å². The second-order valence-corrected chi connectivity index (χ2v) is 9.29. The second kappa shape index (κ2) is 5.90. The number of rotatable bonds is 3. The molecule has 25 heavy (non-hydrogen) atoms. The Hall–Kier alpha value is -1.22. The number of Topliss-reactive ketones (excluding diaryl/α,β-unsaturated/α-hetero) is 2. The van der Waals surface area contributed by atoms with Crippen molar-refractivity contribution in [1.29, 1.82) is 0 Å². The minimum absolute atomic E-state index is 0.00936. The first-order valence-electron chi connectivity index (χ1n) is 10.0. The minimum atomic E-state index is -0.142. The first-order chi connectivity index (χ1) is 11.9. The maximum atomic E-state index is 13.4. The molecule has 0 aromatic heterocycles. The molecule has 0 radical (unpaired) electrons. The van der Waals surface area contributed by atoms with Crippen molar-refractivity contribution in [3.63, 3.8) is 0 Å². The summed E-state index contributed by atoms with van der Waals surface area (Å²) in [6.07, 6.45) is 13.2. The molecule has 136 valence electrons. The SMILES string of the molecule is C[C@]12CC(=O)[C@H]3[C@@H](CC=C4C=CCC[C@@]43C)[C@@H]1CC[C@@H]2C(=O)CCN. The zero-order valence-corrected chi connectivity index (χ0v) is 15.6. The smallest absolute Gasteiger partial charge is 0.137 e. The van der Waals surface area contributed by atoms with E-state index in [-0.39, 0.29) is 28.4 Å². The van der Waals surface area contributed by atoms with Gasteiger partial charge < -0.3 is 5.73 Å². The molecule has 0 heterocycles. The van der Waals surface area contributed by atoms with Crippen molar-refractivity contribution in [3.8, 4) is 0 Å². The molecule has 0 unspecified atom stereocenters. The van der Waals surface area contributed by atoms with Gasteiger partial charge in [-0.2, -0.15) is 0 Å². The van der Waals surface area contributed by atoms with Crippen LogP contribution in [0.5, 0.6) is 0 Å². The quantitative estimate of drug-likeness (QED) is 0.849. The molecule has 4 aliphatic carbocycles. The molecule has 0 aliphatic heterocycles. The number of carbonyl (C=O) groups is 2. The Morgan fingerprint density at radius 2 is 2.12 bits per heavy atom. The maximum Gasteiger partial charge on any atom is 0.137 e. The van der Waals surface area contributed by atoms with E-state index in [9.17, 15) is 9.59 Å². The highest BCUT2D eigenvalue weighted by Gasteiger charge is 2.62. The minimum Gasteiger partial charge on any atom is -0.330 e. The normalized spacial score (nSPS) is 45.4. The van der Waals surface area contributed by atoms with Crippen LogP contribution in [0.15, 0.2) is 23.8 Å². The van der Waals surface area contributed by atoms with Gasteiger partial charge in [0.2, 0.25) is 0 Å². The molecule has 4 rings (SSSR count). The third kappa shape index (κ3) is 2.34. The van der Waals surface area contributed by atoms with Gasteiger partial charge in [-0.25, -0.2) is 0 Å². The number of carbonyl (C=O) groups excluding carboxylic acids is 2. The van der Waals surface area contributed by atoms with Crippen molar-refractivity contribution in [3.05, 3.63) is 23.8 Å². The third-order valence-corrected chi connectivity index (χ3v) is 8.12. The Kier molecular flexibility index (Phi) is 4.06. The molecule has 0 bridgehead atoms. The summed E-state index contributed by atoms with van der Waals surface area (Å²) in [7, 11) is 0. The van der Waals surface area contributed by atoms with Crippen LogP contribution < -0.4 is 5.73 Å². The number of fused-ring (bicyclic) bond motifs is 5. The Bertz CT molecular complexity index is 663. The van der Waals surface area contributed by atoms with E-state index in [1.165, 1.54) is 5.57 Å². The number of hydrogen-bond donors (Lipinski definition) is 1. The fourth-order valence-corrected chi connectivity index (χ4v) is 6.98. The lowest BCUT2D eigenvalue weighted by Gasteiger charge is -2.55. The van der Waals surface area contributed by atoms with Crippen LogP contribution in [0.25, 0.3) is 0 Å². The van der Waals surface area contributed by atoms with E-state index in [1.807, 2.05) is 0 Å². The van der Waals surface area contributed by atoms with Crippen molar-refractivity contribution in [1.82, 2.24) is 0 Å². The van der Waals surface area contributed by atoms with Gasteiger partial charge in [-0.1, -0.05) is 32.1 Å². The molecule has 6 atom stereocenters. The Morgan fingerprint density at radius 1 is 1.32 bits per heavy atom. The van der Waals surface area contributed by atoms with Crippen LogP contribution in [0.3, 0.4) is 0 Å². The summed E-state index contributed by atoms with van der Waals surface area (Å²) in [6, 6.07) is 0. The molecule has 0 saturated heterocycles. The highest BCUT2D eigenvalue weighted by Crippen LogP contribution is 2.64. The van der Waals surface area contributed by atoms with Crippen LogP contribution in [0.2, 0.25) is 0 Å². The van der Waals surface area contributed by atoms with Crippen LogP contribution in [0.4, 0.5) is 0 Å². The number of hydrogen-bond acceptors (Lipinski definition) is 3. The van der Waals surface area contributed by atoms with Gasteiger partial charge in [-0.3, -0.25) is 9.59 Å². The lowest BCUT2D eigenvalue weighted by Crippen LogP contribution is -2.54. The molecule has 2 fully saturated rings. The van der Waals surface area contributed by atoms with Crippen molar-refractivity contribution < 1.29 is 9.59 Å². The summed E-state index contributed by atoms with van der Waals surface area (Å²) in [5.41, 5.74) is 6.88. The largest absolute Gasteiger partial charge is 0.330 e. The summed E-state index contributed by atoms with van der Waals surface area (Å²) >= 11 is 0. The molecule has 3 heteroatoms. The average molecular weight is 341 g/mol. The van der Waals surface area contributed by atoms with E-state index in [4.69, 9.17) is 5.73 Å². The van der Waals surface area contributed by atoms with Gasteiger partial charge in [0.15, 0.2) is 0 Å². The number of allylic oxidation sites excluding steroid dienone is 4. The predicted octanol–water partition coefficient (Wildman–Crippen LogP) is 3.83. The number of ketones is 2. The summed E-state index contributed by atoms with van der Waals surface area (Å²) < 4.78 is 0. The van der Waals surface area contributed by atoms with Crippen LogP contribution >= 0.6 is 0 Å². The van der Waals surface area contributed by atoms with Gasteiger partial charge >= 0.3 is 0 Å².